The number of hydrogen-bond acceptors (Lipinski definition) is 2. The number of hydrogen-bond donors (Lipinski definition) is 1. The molecule has 0 unspecified atom stereocenters. The lowest BCUT2D eigenvalue weighted by Crippen LogP contribution is -2.02. The molecule has 0 fully saturated rings. The molecule has 0 atom stereocenters. The number of rotatable bonds is 0. The zero-order valence-electron chi connectivity index (χ0n) is 4.79. The van der Waals surface area contributed by atoms with Gasteiger partial charge < -0.3 is 9.88 Å². The molecule has 1 N–H and O–H groups in total. The summed E-state index contributed by atoms with van der Waals surface area (Å²) in [6, 6.07) is 7.80. The number of para-hydroxylation sites is 2. The van der Waals surface area contributed by atoms with Crippen molar-refractivity contribution in [2.45, 2.75) is 0 Å². The summed E-state index contributed by atoms with van der Waals surface area (Å²) in [6.45, 7) is 0. The maximum atomic E-state index is 5.06. The van der Waals surface area contributed by atoms with Gasteiger partial charge in [0, 0.05) is 0 Å². The Bertz CT molecular complexity index is 203. The average Bonchev–Trinajstić information content (AvgIpc) is 2.33. The Balaban J connectivity index is 2.54. The lowest BCUT2D eigenvalue weighted by atomic mass is 10.3. The van der Waals surface area contributed by atoms with E-state index in [1.54, 1.807) is 7.62 Å². The van der Waals surface area contributed by atoms with Gasteiger partial charge in [-0.1, -0.05) is 12.1 Å². The van der Waals surface area contributed by atoms with Crippen LogP contribution in [0.25, 0.3) is 0 Å². The summed E-state index contributed by atoms with van der Waals surface area (Å²) in [6.07, 6.45) is 0. The van der Waals surface area contributed by atoms with Crippen LogP contribution < -0.4 is 9.88 Å². The quantitative estimate of drug-likeness (QED) is 0.513. The molecule has 1 heterocycles. The second-order valence-electron chi connectivity index (χ2n) is 1.88. The first-order valence-electron chi connectivity index (χ1n) is 2.81. The molecule has 43 valence electrons. The van der Waals surface area contributed by atoms with Gasteiger partial charge >= 0.3 is 7.62 Å². The van der Waals surface area contributed by atoms with E-state index < -0.39 is 0 Å². The van der Waals surface area contributed by atoms with Crippen LogP contribution in [0.15, 0.2) is 24.3 Å². The molecule has 0 aliphatic carbocycles. The zero-order chi connectivity index (χ0) is 6.10. The molecule has 0 aromatic heterocycles. The summed E-state index contributed by atoms with van der Waals surface area (Å²) in [5.74, 6) is 0.900. The number of anilines is 1. The van der Waals surface area contributed by atoms with Crippen LogP contribution in [0.4, 0.5) is 5.69 Å². The molecule has 0 saturated carbocycles. The van der Waals surface area contributed by atoms with Crippen molar-refractivity contribution in [2.24, 2.45) is 0 Å². The summed E-state index contributed by atoms with van der Waals surface area (Å²) >= 11 is 0. The second-order valence-corrected chi connectivity index (χ2v) is 1.88. The van der Waals surface area contributed by atoms with Gasteiger partial charge in [-0.3, -0.25) is 0 Å². The Morgan fingerprint density at radius 1 is 1.33 bits per heavy atom. The van der Waals surface area contributed by atoms with Crippen LogP contribution in [0.2, 0.25) is 0 Å². The minimum atomic E-state index is 0.900. The molecule has 0 bridgehead atoms. The van der Waals surface area contributed by atoms with Crippen molar-refractivity contribution in [3.05, 3.63) is 24.3 Å². The van der Waals surface area contributed by atoms with Crippen molar-refractivity contribution >= 4 is 13.3 Å². The summed E-state index contributed by atoms with van der Waals surface area (Å²) in [5, 5.41) is 2.95. The van der Waals surface area contributed by atoms with Crippen molar-refractivity contribution in [2.75, 3.05) is 5.23 Å². The summed E-state index contributed by atoms with van der Waals surface area (Å²) in [5.41, 5.74) is 1.04. The molecule has 1 radical (unpaired) electrons. The van der Waals surface area contributed by atoms with Crippen LogP contribution in [-0.4, -0.2) is 7.62 Å². The fourth-order valence-corrected chi connectivity index (χ4v) is 0.845. The highest BCUT2D eigenvalue weighted by Gasteiger charge is 2.10. The predicted octanol–water partition coefficient (Wildman–Crippen LogP) is 1.03. The van der Waals surface area contributed by atoms with E-state index in [1.807, 2.05) is 24.3 Å². The molecule has 1 aliphatic heterocycles. The van der Waals surface area contributed by atoms with Crippen molar-refractivity contribution in [1.29, 1.82) is 0 Å². The average molecular weight is 118 g/mol. The molecule has 3 heteroatoms. The fraction of sp³-hybridized carbons (Fsp3) is 0. The van der Waals surface area contributed by atoms with Gasteiger partial charge in [-0.05, 0) is 12.1 Å². The van der Waals surface area contributed by atoms with Crippen LogP contribution in [0.5, 0.6) is 5.75 Å². The number of benzene rings is 1. The number of nitrogens with one attached hydrogen (secondary N) is 1. The summed E-state index contributed by atoms with van der Waals surface area (Å²) in [4.78, 5) is 0. The highest BCUT2D eigenvalue weighted by molar-refractivity contribution is 6.36. The molecule has 0 saturated heterocycles. The van der Waals surface area contributed by atoms with Crippen molar-refractivity contribution in [1.82, 2.24) is 0 Å². The van der Waals surface area contributed by atoms with Gasteiger partial charge in [0.15, 0.2) is 0 Å². The molecule has 0 spiro atoms. The van der Waals surface area contributed by atoms with E-state index in [4.69, 9.17) is 4.65 Å². The zero-order valence-corrected chi connectivity index (χ0v) is 4.79. The largest absolute Gasteiger partial charge is 0.542 e. The normalized spacial score (nSPS) is 12.9. The lowest BCUT2D eigenvalue weighted by molar-refractivity contribution is 0.619. The topological polar surface area (TPSA) is 21.3 Å². The third-order valence-electron chi connectivity index (χ3n) is 1.29. The molecular formula is C6H5BNO. The molecule has 1 aliphatic rings. The van der Waals surface area contributed by atoms with Gasteiger partial charge in [-0.15, -0.1) is 0 Å². The monoisotopic (exact) mass is 118 g/mol. The van der Waals surface area contributed by atoms with Crippen LogP contribution in [0.3, 0.4) is 0 Å². The third kappa shape index (κ3) is 0.651. The van der Waals surface area contributed by atoms with Gasteiger partial charge in [0.05, 0.1) is 5.69 Å². The summed E-state index contributed by atoms with van der Waals surface area (Å²) < 4.78 is 5.06. The molecule has 1 aromatic rings. The molecule has 2 rings (SSSR count). The Hall–Kier alpha value is -1.12. The van der Waals surface area contributed by atoms with Crippen LogP contribution in [0.1, 0.15) is 0 Å². The first kappa shape index (κ1) is 4.73. The van der Waals surface area contributed by atoms with E-state index in [-0.39, 0.29) is 0 Å². The second kappa shape index (κ2) is 1.69. The van der Waals surface area contributed by atoms with Crippen LogP contribution in [0, 0.1) is 0 Å². The maximum absolute atomic E-state index is 5.06. The SMILES string of the molecule is [B]1Nc2ccccc2O1. The molecule has 0 amide bonds. The fourth-order valence-electron chi connectivity index (χ4n) is 0.845. The van der Waals surface area contributed by atoms with Gasteiger partial charge in [0.1, 0.15) is 5.75 Å². The van der Waals surface area contributed by atoms with Crippen molar-refractivity contribution in [3.63, 3.8) is 0 Å². The highest BCUT2D eigenvalue weighted by Crippen LogP contribution is 2.26. The minimum absolute atomic E-state index is 0.900. The van der Waals surface area contributed by atoms with Gasteiger partial charge in [0.25, 0.3) is 0 Å². The van der Waals surface area contributed by atoms with E-state index >= 15 is 0 Å². The Morgan fingerprint density at radius 3 is 3.11 bits per heavy atom. The van der Waals surface area contributed by atoms with E-state index in [0.717, 1.165) is 11.4 Å². The standard InChI is InChI=1S/C6H5BNO/c1-2-4-6-5(3-1)8-7-9-6/h1-4,8H. The first-order valence-corrected chi connectivity index (χ1v) is 2.81. The van der Waals surface area contributed by atoms with Gasteiger partial charge in [-0.25, -0.2) is 0 Å². The first-order chi connectivity index (χ1) is 4.47. The Morgan fingerprint density at radius 2 is 2.22 bits per heavy atom. The van der Waals surface area contributed by atoms with E-state index in [2.05, 4.69) is 5.23 Å². The minimum Gasteiger partial charge on any atom is -0.542 e. The van der Waals surface area contributed by atoms with Crippen LogP contribution >= 0.6 is 0 Å². The molecule has 1 aromatic carbocycles. The molecule has 9 heavy (non-hydrogen) atoms. The van der Waals surface area contributed by atoms with Crippen LogP contribution in [-0.2, 0) is 0 Å². The smallest absolute Gasteiger partial charge is 0.518 e. The van der Waals surface area contributed by atoms with Crippen molar-refractivity contribution in [3.8, 4) is 5.75 Å². The van der Waals surface area contributed by atoms with E-state index in [0.29, 0.717) is 0 Å². The summed E-state index contributed by atoms with van der Waals surface area (Å²) in [7, 11) is 1.57. The predicted molar refractivity (Wildman–Crippen MR) is 36.4 cm³/mol. The Labute approximate surface area is 54.1 Å². The molecular weight excluding hydrogens is 113 g/mol. The lowest BCUT2D eigenvalue weighted by Gasteiger charge is -1.93. The Kier molecular flexibility index (Phi) is 0.888. The third-order valence-corrected chi connectivity index (χ3v) is 1.29. The van der Waals surface area contributed by atoms with Gasteiger partial charge in [0.2, 0.25) is 0 Å². The maximum Gasteiger partial charge on any atom is 0.518 e. The highest BCUT2D eigenvalue weighted by atomic mass is 16.4. The van der Waals surface area contributed by atoms with Crippen molar-refractivity contribution < 1.29 is 4.65 Å². The van der Waals surface area contributed by atoms with E-state index in [1.165, 1.54) is 0 Å². The molecule has 2 nitrogen and oxygen atoms in total. The van der Waals surface area contributed by atoms with E-state index in [9.17, 15) is 0 Å². The van der Waals surface area contributed by atoms with Gasteiger partial charge in [-0.2, -0.15) is 0 Å². The number of fused-ring (bicyclic) bond motifs is 1.